The summed E-state index contributed by atoms with van der Waals surface area (Å²) in [7, 11) is 0. The Labute approximate surface area is 223 Å². The molecule has 182 valence electrons. The van der Waals surface area contributed by atoms with Crippen LogP contribution in [0.1, 0.15) is 49.9 Å². The molecule has 7 rings (SSSR count). The summed E-state index contributed by atoms with van der Waals surface area (Å²) >= 11 is 1.85. The van der Waals surface area contributed by atoms with Crippen molar-refractivity contribution in [3.63, 3.8) is 0 Å². The highest BCUT2D eigenvalue weighted by molar-refractivity contribution is 7.20. The van der Waals surface area contributed by atoms with Crippen molar-refractivity contribution < 1.29 is 0 Å². The zero-order valence-electron chi connectivity index (χ0n) is 21.7. The minimum atomic E-state index is -0.0554. The van der Waals surface area contributed by atoms with Crippen molar-refractivity contribution >= 4 is 44.1 Å². The van der Waals surface area contributed by atoms with Crippen LogP contribution < -0.4 is 9.80 Å². The van der Waals surface area contributed by atoms with Gasteiger partial charge in [0.1, 0.15) is 10.0 Å². The first-order chi connectivity index (χ1) is 17.9. The van der Waals surface area contributed by atoms with Gasteiger partial charge in [-0.2, -0.15) is 0 Å². The third-order valence-corrected chi connectivity index (χ3v) is 9.35. The van der Waals surface area contributed by atoms with Gasteiger partial charge in [-0.25, -0.2) is 0 Å². The standard InChI is InChI=1S/C34H30N2S/c1-33(2)23-13-5-9-17-27(23)35(28-18-10-6-14-24(28)33)31-21-22-32(37-31)36-29-19-11-7-15-25(29)34(3,4)26-16-8-12-20-30(26)36/h5-22H,1-4H3. The molecular weight excluding hydrogens is 468 g/mol. The molecule has 2 nitrogen and oxygen atoms in total. The number of nitrogens with zero attached hydrogens (tertiary/aromatic N) is 2. The molecule has 5 aromatic rings. The van der Waals surface area contributed by atoms with Gasteiger partial charge in [0.2, 0.25) is 0 Å². The Morgan fingerprint density at radius 2 is 0.676 bits per heavy atom. The first kappa shape index (κ1) is 22.4. The van der Waals surface area contributed by atoms with Crippen molar-refractivity contribution in [2.45, 2.75) is 38.5 Å². The lowest BCUT2D eigenvalue weighted by atomic mass is 9.74. The molecule has 4 aromatic carbocycles. The Morgan fingerprint density at radius 1 is 0.405 bits per heavy atom. The summed E-state index contributed by atoms with van der Waals surface area (Å²) in [5.41, 5.74) is 10.4. The van der Waals surface area contributed by atoms with E-state index < -0.39 is 0 Å². The van der Waals surface area contributed by atoms with Crippen molar-refractivity contribution in [2.24, 2.45) is 0 Å². The van der Waals surface area contributed by atoms with Crippen LogP contribution in [-0.4, -0.2) is 0 Å². The molecular formula is C34H30N2S. The smallest absolute Gasteiger partial charge is 0.102 e. The molecule has 0 radical (unpaired) electrons. The molecule has 3 heterocycles. The second kappa shape index (κ2) is 7.84. The Bertz CT molecular complexity index is 1440. The molecule has 0 amide bonds. The number of anilines is 6. The van der Waals surface area contributed by atoms with E-state index in [1.165, 1.54) is 55.0 Å². The predicted octanol–water partition coefficient (Wildman–Crippen LogP) is 9.97. The minimum Gasteiger partial charge on any atom is -0.301 e. The quantitative estimate of drug-likeness (QED) is 0.239. The van der Waals surface area contributed by atoms with E-state index >= 15 is 0 Å². The lowest BCUT2D eigenvalue weighted by molar-refractivity contribution is 0.632. The summed E-state index contributed by atoms with van der Waals surface area (Å²) in [6.07, 6.45) is 0. The number of thiophene rings is 1. The maximum absolute atomic E-state index is 2.45. The van der Waals surface area contributed by atoms with E-state index in [4.69, 9.17) is 0 Å². The van der Waals surface area contributed by atoms with Crippen LogP contribution >= 0.6 is 11.3 Å². The maximum Gasteiger partial charge on any atom is 0.102 e. The number of para-hydroxylation sites is 4. The lowest BCUT2D eigenvalue weighted by Gasteiger charge is -2.42. The van der Waals surface area contributed by atoms with Gasteiger partial charge in [0.15, 0.2) is 0 Å². The molecule has 0 N–H and O–H groups in total. The Morgan fingerprint density at radius 3 is 0.973 bits per heavy atom. The van der Waals surface area contributed by atoms with Gasteiger partial charge in [-0.05, 0) is 58.7 Å². The van der Waals surface area contributed by atoms with Crippen molar-refractivity contribution in [1.29, 1.82) is 0 Å². The molecule has 0 saturated heterocycles. The average Bonchev–Trinajstić information content (AvgIpc) is 3.38. The Hall–Kier alpha value is -3.82. The number of fused-ring (bicyclic) bond motifs is 4. The molecule has 0 fully saturated rings. The summed E-state index contributed by atoms with van der Waals surface area (Å²) in [4.78, 5) is 4.91. The molecule has 3 heteroatoms. The van der Waals surface area contributed by atoms with Crippen LogP contribution in [0, 0.1) is 0 Å². The molecule has 0 aliphatic carbocycles. The molecule has 0 saturated carbocycles. The van der Waals surface area contributed by atoms with Gasteiger partial charge in [0.25, 0.3) is 0 Å². The second-order valence-corrected chi connectivity index (χ2v) is 12.1. The third-order valence-electron chi connectivity index (χ3n) is 8.29. The first-order valence-corrected chi connectivity index (χ1v) is 13.8. The molecule has 0 bridgehead atoms. The topological polar surface area (TPSA) is 6.48 Å². The van der Waals surface area contributed by atoms with E-state index in [0.29, 0.717) is 0 Å². The van der Waals surface area contributed by atoms with Gasteiger partial charge >= 0.3 is 0 Å². The monoisotopic (exact) mass is 498 g/mol. The van der Waals surface area contributed by atoms with E-state index in [2.05, 4.69) is 147 Å². The van der Waals surface area contributed by atoms with E-state index in [0.717, 1.165) is 0 Å². The highest BCUT2D eigenvalue weighted by Crippen LogP contribution is 2.56. The van der Waals surface area contributed by atoms with E-state index in [9.17, 15) is 0 Å². The SMILES string of the molecule is CC1(C)c2ccccc2N(c2ccc(N3c4ccccc4C(C)(C)c4ccccc43)s2)c2ccccc21. The molecule has 0 unspecified atom stereocenters. The molecule has 0 spiro atoms. The lowest BCUT2D eigenvalue weighted by Crippen LogP contribution is -2.30. The summed E-state index contributed by atoms with van der Waals surface area (Å²) in [6.45, 7) is 9.35. The highest BCUT2D eigenvalue weighted by Gasteiger charge is 2.39. The fourth-order valence-corrected chi connectivity index (χ4v) is 7.43. The van der Waals surface area contributed by atoms with Gasteiger partial charge in [0, 0.05) is 10.8 Å². The number of hydrogen-bond acceptors (Lipinski definition) is 3. The number of hydrogen-bond donors (Lipinski definition) is 0. The number of benzene rings is 4. The van der Waals surface area contributed by atoms with Gasteiger partial charge < -0.3 is 9.80 Å². The van der Waals surface area contributed by atoms with Gasteiger partial charge in [-0.1, -0.05) is 112 Å². The maximum atomic E-state index is 2.45. The van der Waals surface area contributed by atoms with Crippen molar-refractivity contribution in [3.8, 4) is 0 Å². The average molecular weight is 499 g/mol. The Kier molecular flexibility index (Phi) is 4.74. The van der Waals surface area contributed by atoms with Crippen LogP contribution in [0.3, 0.4) is 0 Å². The van der Waals surface area contributed by atoms with Gasteiger partial charge in [0.05, 0.1) is 22.7 Å². The van der Waals surface area contributed by atoms with Gasteiger partial charge in [-0.15, -0.1) is 0 Å². The molecule has 2 aliphatic rings. The molecule has 0 atom stereocenters. The summed E-state index contributed by atoms with van der Waals surface area (Å²) in [6, 6.07) is 40.0. The Balaban J connectivity index is 1.42. The normalized spacial score (nSPS) is 16.4. The third kappa shape index (κ3) is 3.10. The van der Waals surface area contributed by atoms with Crippen molar-refractivity contribution in [2.75, 3.05) is 9.80 Å². The fraction of sp³-hybridized carbons (Fsp3) is 0.176. The minimum absolute atomic E-state index is 0.0554. The van der Waals surface area contributed by atoms with Crippen molar-refractivity contribution in [1.82, 2.24) is 0 Å². The largest absolute Gasteiger partial charge is 0.301 e. The molecule has 1 aromatic heterocycles. The van der Waals surface area contributed by atoms with Crippen LogP contribution in [0.15, 0.2) is 109 Å². The highest BCUT2D eigenvalue weighted by atomic mass is 32.1. The molecule has 2 aliphatic heterocycles. The van der Waals surface area contributed by atoms with E-state index in [1.54, 1.807) is 0 Å². The predicted molar refractivity (Wildman–Crippen MR) is 158 cm³/mol. The van der Waals surface area contributed by atoms with Crippen LogP contribution in [0.4, 0.5) is 32.8 Å². The van der Waals surface area contributed by atoms with E-state index in [1.807, 2.05) is 11.3 Å². The zero-order chi connectivity index (χ0) is 25.4. The second-order valence-electron chi connectivity index (χ2n) is 11.1. The summed E-state index contributed by atoms with van der Waals surface area (Å²) in [5.74, 6) is 0. The van der Waals surface area contributed by atoms with Crippen molar-refractivity contribution in [3.05, 3.63) is 131 Å². The number of rotatable bonds is 2. The van der Waals surface area contributed by atoms with Gasteiger partial charge in [-0.3, -0.25) is 0 Å². The van der Waals surface area contributed by atoms with Crippen LogP contribution in [0.25, 0.3) is 0 Å². The zero-order valence-corrected chi connectivity index (χ0v) is 22.5. The van der Waals surface area contributed by atoms with Crippen LogP contribution in [0.2, 0.25) is 0 Å². The van der Waals surface area contributed by atoms with Crippen LogP contribution in [-0.2, 0) is 10.8 Å². The summed E-state index contributed by atoms with van der Waals surface area (Å²) < 4.78 is 0. The molecule has 37 heavy (non-hydrogen) atoms. The van der Waals surface area contributed by atoms with Crippen LogP contribution in [0.5, 0.6) is 0 Å². The summed E-state index contributed by atoms with van der Waals surface area (Å²) in [5, 5.41) is 2.45. The van der Waals surface area contributed by atoms with E-state index in [-0.39, 0.29) is 10.8 Å². The fourth-order valence-electron chi connectivity index (χ4n) is 6.37. The first-order valence-electron chi connectivity index (χ1n) is 13.0.